The van der Waals surface area contributed by atoms with Crippen molar-refractivity contribution in [1.82, 2.24) is 0 Å². The molecule has 408 valence electrons. The average Bonchev–Trinajstić information content (AvgIpc) is 3.24. The van der Waals surface area contributed by atoms with Gasteiger partial charge in [-0.1, -0.05) is 24.3 Å². The number of aromatic carboxylic acids is 3. The van der Waals surface area contributed by atoms with Crippen LogP contribution >= 0.6 is 0 Å². The van der Waals surface area contributed by atoms with Gasteiger partial charge in [0.25, 0.3) is 0 Å². The van der Waals surface area contributed by atoms with E-state index in [0.717, 1.165) is 36.4 Å². The molecule has 0 aromatic heterocycles. The van der Waals surface area contributed by atoms with Crippen molar-refractivity contribution in [3.05, 3.63) is 170 Å². The van der Waals surface area contributed by atoms with E-state index in [9.17, 15) is 64.1 Å². The minimum atomic E-state index is -5.38. The number of hydrogen-bond acceptors (Lipinski definition) is 19. The van der Waals surface area contributed by atoms with Gasteiger partial charge < -0.3 is 53.9 Å². The van der Waals surface area contributed by atoms with Crippen LogP contribution in [0.3, 0.4) is 0 Å². The van der Waals surface area contributed by atoms with Crippen molar-refractivity contribution >= 4 is 93.7 Å². The molecule has 0 spiro atoms. The van der Waals surface area contributed by atoms with Gasteiger partial charge in [0.1, 0.15) is 31.6 Å². The Hall–Kier alpha value is -4.03. The van der Waals surface area contributed by atoms with E-state index < -0.39 is 63.5 Å². The average molecular weight is 1240 g/mol. The fourth-order valence-corrected chi connectivity index (χ4v) is 11.8. The summed E-state index contributed by atoms with van der Waals surface area (Å²) < 4.78 is 115. The first-order valence-electron chi connectivity index (χ1n) is 23.2. The molecule has 0 bridgehead atoms. The molecule has 21 nitrogen and oxygen atoms in total. The van der Waals surface area contributed by atoms with Crippen molar-refractivity contribution in [2.24, 2.45) is 0 Å². The van der Waals surface area contributed by atoms with Gasteiger partial charge in [0.15, 0.2) is 0 Å². The van der Waals surface area contributed by atoms with Crippen LogP contribution < -0.4 is 189 Å². The molecular weight excluding hydrogens is 1200 g/mol. The predicted molar refractivity (Wildman–Crippen MR) is 275 cm³/mol. The van der Waals surface area contributed by atoms with Gasteiger partial charge in [0, 0.05) is 68.7 Å². The van der Waals surface area contributed by atoms with Crippen LogP contribution in [0.2, 0.25) is 0 Å². The third-order valence-electron chi connectivity index (χ3n) is 12.8. The third-order valence-corrected chi connectivity index (χ3v) is 15.9. The fraction of sp³-hybridized carbons (Fsp3) is 0.145. The van der Waals surface area contributed by atoms with Crippen LogP contribution in [-0.4, -0.2) is 58.4 Å². The topological polar surface area (TPSA) is 366 Å². The summed E-state index contributed by atoms with van der Waals surface area (Å²) in [5.41, 5.74) is 4.11. The Morgan fingerprint density at radius 1 is 0.595 bits per heavy atom. The number of benzene rings is 7. The van der Waals surface area contributed by atoms with Gasteiger partial charge in [-0.15, -0.1) is 11.6 Å². The zero-order valence-corrected chi connectivity index (χ0v) is 60.1. The van der Waals surface area contributed by atoms with E-state index in [-0.39, 0.29) is 227 Å². The smallest absolute Gasteiger partial charge is 0.744 e. The van der Waals surface area contributed by atoms with Crippen LogP contribution in [0.25, 0.3) is 33.4 Å². The molecule has 0 fully saturated rings. The summed E-state index contributed by atoms with van der Waals surface area (Å²) in [5.74, 6) is -4.73. The number of anilines is 4. The minimum absolute atomic E-state index is 0. The van der Waals surface area contributed by atoms with E-state index in [0.29, 0.717) is 61.4 Å². The number of carboxylic acids is 3. The molecule has 0 atom stereocenters. The maximum absolute atomic E-state index is 13.6. The fourth-order valence-electron chi connectivity index (χ4n) is 9.28. The Morgan fingerprint density at radius 3 is 1.71 bits per heavy atom. The monoisotopic (exact) mass is 1240 g/mol. The van der Waals surface area contributed by atoms with Crippen molar-refractivity contribution in [2.75, 3.05) is 15.4 Å². The Morgan fingerprint density at radius 2 is 1.14 bits per heavy atom. The van der Waals surface area contributed by atoms with Gasteiger partial charge in [-0.3, -0.25) is 4.72 Å². The predicted octanol–water partition coefficient (Wildman–Crippen LogP) is -12.0. The van der Waals surface area contributed by atoms with Gasteiger partial charge in [-0.05, 0) is 135 Å². The largest absolute Gasteiger partial charge is 1.00 e. The second kappa shape index (κ2) is 30.7. The minimum Gasteiger partial charge on any atom is -0.744 e. The Bertz CT molecular complexity index is 4310. The number of nitrogens with one attached hydrogen (secondary N) is 4. The molecular formula is C55H43N4Na5O17S3. The van der Waals surface area contributed by atoms with Crippen LogP contribution in [0.4, 0.5) is 28.4 Å². The molecule has 4 N–H and O–H groups in total. The van der Waals surface area contributed by atoms with Crippen molar-refractivity contribution in [3.8, 4) is 22.5 Å². The molecule has 0 radical (unpaired) electrons. The Kier molecular flexibility index (Phi) is 27.8. The summed E-state index contributed by atoms with van der Waals surface area (Å²) in [6.07, 6.45) is 0.250. The number of carbonyl (C=O) groups excluding carboxylic acids is 5. The summed E-state index contributed by atoms with van der Waals surface area (Å²) in [4.78, 5) is 52.7. The zero-order chi connectivity index (χ0) is 58.2. The van der Waals surface area contributed by atoms with E-state index in [2.05, 4.69) is 26.4 Å². The van der Waals surface area contributed by atoms with Crippen LogP contribution in [0.15, 0.2) is 116 Å². The Labute approximate surface area is 593 Å². The SMILES string of the molecule is Cc1cc(C)c(Nc2cc3oc4cc(=[NH+]c5c(C)cc(C)c(NS(=O)(=O)c6c[c-]cc(C(=O)[O-])c6)c5C)c(C)cc-4c(-c4ccccc4S(=O)(=O)[O-])c3cc2S(=O)(=O)[O-])c(C)c1NCc1cc(C(=O)[O-])cc(C(=O)[O-])c1.O=C=O.[Na+].[Na+].[Na+].[Na+].[Na+]. The number of rotatable bonds is 15. The normalized spacial score (nSPS) is 11.2. The zero-order valence-electron chi connectivity index (χ0n) is 47.6. The van der Waals surface area contributed by atoms with Crippen molar-refractivity contribution in [3.63, 3.8) is 0 Å². The maximum atomic E-state index is 13.6. The number of carbonyl (C=O) groups is 3. The van der Waals surface area contributed by atoms with E-state index in [1.165, 1.54) is 36.4 Å². The van der Waals surface area contributed by atoms with E-state index in [1.54, 1.807) is 72.7 Å². The summed E-state index contributed by atoms with van der Waals surface area (Å²) in [7, 11) is -14.9. The van der Waals surface area contributed by atoms with E-state index in [1.807, 2.05) is 0 Å². The molecule has 6 aromatic carbocycles. The van der Waals surface area contributed by atoms with Crippen molar-refractivity contribution < 1.29 is 231 Å². The van der Waals surface area contributed by atoms with Crippen LogP contribution in [0.5, 0.6) is 0 Å². The van der Waals surface area contributed by atoms with Gasteiger partial charge in [-0.25, -0.2) is 30.2 Å². The van der Waals surface area contributed by atoms with Gasteiger partial charge in [-0.2, -0.15) is 27.8 Å². The number of fused-ring (bicyclic) bond motifs is 2. The first-order valence-corrected chi connectivity index (χ1v) is 27.5. The summed E-state index contributed by atoms with van der Waals surface area (Å²) >= 11 is 0. The van der Waals surface area contributed by atoms with E-state index in [4.69, 9.17) is 14.0 Å². The molecule has 8 rings (SSSR count). The summed E-state index contributed by atoms with van der Waals surface area (Å²) in [6, 6.07) is 23.2. The Balaban J connectivity index is 0.00000295. The van der Waals surface area contributed by atoms with Crippen molar-refractivity contribution in [2.45, 2.75) is 69.7 Å². The summed E-state index contributed by atoms with van der Waals surface area (Å²) in [6.45, 7) is 11.9. The summed E-state index contributed by atoms with van der Waals surface area (Å²) in [5, 5.41) is 41.5. The molecule has 6 aromatic rings. The van der Waals surface area contributed by atoms with E-state index >= 15 is 0 Å². The second-order valence-corrected chi connectivity index (χ2v) is 22.6. The molecule has 1 aliphatic carbocycles. The van der Waals surface area contributed by atoms with Crippen LogP contribution in [-0.2, 0) is 46.4 Å². The molecule has 1 aliphatic heterocycles. The third kappa shape index (κ3) is 17.0. The number of aryl methyl sites for hydroxylation is 5. The quantitative estimate of drug-likeness (QED) is 0.0320. The first-order chi connectivity index (χ1) is 36.9. The number of hydrogen-bond donors (Lipinski definition) is 4. The van der Waals surface area contributed by atoms with Gasteiger partial charge >= 0.3 is 154 Å². The van der Waals surface area contributed by atoms with Crippen LogP contribution in [0, 0.1) is 54.5 Å². The molecule has 0 saturated heterocycles. The van der Waals surface area contributed by atoms with Gasteiger partial charge in [0.05, 0.1) is 39.2 Å². The molecule has 2 aliphatic rings. The first kappa shape index (κ1) is 76.1. The maximum Gasteiger partial charge on any atom is 1.00 e. The molecule has 84 heavy (non-hydrogen) atoms. The van der Waals surface area contributed by atoms with Crippen molar-refractivity contribution in [1.29, 1.82) is 0 Å². The van der Waals surface area contributed by atoms with Crippen LogP contribution in [0.1, 0.15) is 75.6 Å². The molecule has 29 heteroatoms. The standard InChI is InChI=1S/C54H47N4O15S3.CO2.5Na/c1-26-17-39-43(23-41(26)56-50-29(4)16-30(5)51(32(50)7)58-74(65,66)37-12-10-11-34(21-37)52(59)60)73-44-24-42(46(76(70,71)72)22-40(44)47(39)38-13-8-9-14-45(38)75(67,68)69)57-49-28(3)15-27(2)48(31(49)6)55-25-33-18-35(53(61)62)20-36(19-33)54(63)64;2-1-3;;;;;/h8-9,11-24,55,57-58H,25H2,1-7H3,(H,59,60)(H,61,62)(H,63,64)(H,67,68,69)(H,70,71,72);;;;;;/q-1;;5*+1/p-4. The molecule has 0 amide bonds. The molecule has 0 saturated carbocycles. The number of sulfonamides is 1. The second-order valence-electron chi connectivity index (χ2n) is 18.2. The molecule has 1 heterocycles. The number of carboxylic acid groups (broad SMARTS) is 3. The molecule has 0 unspecified atom stereocenters. The van der Waals surface area contributed by atoms with Gasteiger partial charge in [0.2, 0.25) is 21.1 Å².